The van der Waals surface area contributed by atoms with E-state index in [-0.39, 0.29) is 22.5 Å². The molecule has 1 aromatic heterocycles. The van der Waals surface area contributed by atoms with Gasteiger partial charge in [0.05, 0.1) is 17.1 Å². The first-order chi connectivity index (χ1) is 12.0. The Morgan fingerprint density at radius 3 is 2.44 bits per heavy atom. The third kappa shape index (κ3) is 3.53. The molecular formula is C17H22N4O3S. The molecule has 1 saturated carbocycles. The fourth-order valence-electron chi connectivity index (χ4n) is 2.65. The van der Waals surface area contributed by atoms with E-state index in [1.165, 1.54) is 10.9 Å². The van der Waals surface area contributed by atoms with E-state index in [4.69, 9.17) is 0 Å². The van der Waals surface area contributed by atoms with Gasteiger partial charge in [-0.25, -0.2) is 13.1 Å². The molecule has 1 aliphatic rings. The highest BCUT2D eigenvalue weighted by Crippen LogP contribution is 2.31. The van der Waals surface area contributed by atoms with Gasteiger partial charge in [0.15, 0.2) is 5.82 Å². The maximum atomic E-state index is 12.8. The summed E-state index contributed by atoms with van der Waals surface area (Å²) in [6, 6.07) is 9.16. The van der Waals surface area contributed by atoms with Gasteiger partial charge in [-0.05, 0) is 38.8 Å². The fourth-order valence-corrected chi connectivity index (χ4v) is 4.03. The molecule has 3 rings (SSSR count). The van der Waals surface area contributed by atoms with Gasteiger partial charge >= 0.3 is 0 Å². The minimum Gasteiger partial charge on any atom is -0.339 e. The number of carbonyl (C=O) groups is 1. The van der Waals surface area contributed by atoms with Crippen LogP contribution in [0.2, 0.25) is 0 Å². The van der Waals surface area contributed by atoms with Crippen molar-refractivity contribution in [3.8, 4) is 5.69 Å². The lowest BCUT2D eigenvalue weighted by Gasteiger charge is -2.19. The third-order valence-corrected chi connectivity index (χ3v) is 6.08. The van der Waals surface area contributed by atoms with E-state index in [0.29, 0.717) is 31.6 Å². The molecule has 0 bridgehead atoms. The van der Waals surface area contributed by atoms with Crippen LogP contribution in [0.5, 0.6) is 0 Å². The van der Waals surface area contributed by atoms with Crippen molar-refractivity contribution in [2.75, 3.05) is 17.8 Å². The summed E-state index contributed by atoms with van der Waals surface area (Å²) >= 11 is 0. The lowest BCUT2D eigenvalue weighted by Crippen LogP contribution is -2.31. The molecule has 1 fully saturated rings. The van der Waals surface area contributed by atoms with Crippen LogP contribution in [0.4, 0.5) is 5.82 Å². The molecule has 0 saturated heterocycles. The lowest BCUT2D eigenvalue weighted by atomic mass is 10.2. The summed E-state index contributed by atoms with van der Waals surface area (Å²) in [6.45, 7) is 4.86. The van der Waals surface area contributed by atoms with Crippen LogP contribution in [0.25, 0.3) is 5.69 Å². The van der Waals surface area contributed by atoms with Crippen molar-refractivity contribution in [1.82, 2.24) is 14.7 Å². The number of hydrogen-bond acceptors (Lipinski definition) is 4. The van der Waals surface area contributed by atoms with Gasteiger partial charge in [0.2, 0.25) is 10.0 Å². The smallest absolute Gasteiger partial charge is 0.259 e. The van der Waals surface area contributed by atoms with E-state index in [2.05, 4.69) is 9.82 Å². The highest BCUT2D eigenvalue weighted by atomic mass is 32.2. The number of nitrogens with one attached hydrogen (secondary N) is 1. The molecular weight excluding hydrogens is 340 g/mol. The van der Waals surface area contributed by atoms with Crippen LogP contribution in [0.1, 0.15) is 37.0 Å². The van der Waals surface area contributed by atoms with Crippen LogP contribution in [-0.4, -0.2) is 47.3 Å². The summed E-state index contributed by atoms with van der Waals surface area (Å²) in [5, 5.41) is 3.88. The van der Waals surface area contributed by atoms with E-state index in [1.807, 2.05) is 44.2 Å². The monoisotopic (exact) mass is 362 g/mol. The van der Waals surface area contributed by atoms with Gasteiger partial charge in [0.25, 0.3) is 5.91 Å². The zero-order chi connectivity index (χ0) is 18.0. The van der Waals surface area contributed by atoms with Crippen LogP contribution >= 0.6 is 0 Å². The number of rotatable bonds is 7. The van der Waals surface area contributed by atoms with Crippen LogP contribution < -0.4 is 4.72 Å². The molecule has 134 valence electrons. The number of amides is 1. The van der Waals surface area contributed by atoms with E-state index < -0.39 is 10.0 Å². The Morgan fingerprint density at radius 1 is 1.24 bits per heavy atom. The molecule has 1 N–H and O–H groups in total. The largest absolute Gasteiger partial charge is 0.339 e. The van der Waals surface area contributed by atoms with Crippen LogP contribution in [0.15, 0.2) is 36.5 Å². The molecule has 8 heteroatoms. The Bertz CT molecular complexity index is 853. The Morgan fingerprint density at radius 2 is 1.88 bits per heavy atom. The Hall–Kier alpha value is -2.35. The van der Waals surface area contributed by atoms with Crippen molar-refractivity contribution >= 4 is 21.7 Å². The molecule has 1 aliphatic carbocycles. The fraction of sp³-hybridized carbons (Fsp3) is 0.412. The number of hydrogen-bond donors (Lipinski definition) is 1. The predicted octanol–water partition coefficient (Wildman–Crippen LogP) is 2.26. The number of sulfonamides is 1. The topological polar surface area (TPSA) is 84.3 Å². The van der Waals surface area contributed by atoms with Crippen molar-refractivity contribution < 1.29 is 13.2 Å². The maximum Gasteiger partial charge on any atom is 0.259 e. The molecule has 1 amide bonds. The summed E-state index contributed by atoms with van der Waals surface area (Å²) in [5.74, 6) is -0.0318. The quantitative estimate of drug-likeness (QED) is 0.819. The molecule has 0 spiro atoms. The van der Waals surface area contributed by atoms with Crippen molar-refractivity contribution in [3.63, 3.8) is 0 Å². The van der Waals surface area contributed by atoms with Gasteiger partial charge in [-0.3, -0.25) is 9.52 Å². The number of para-hydroxylation sites is 1. The molecule has 1 aromatic carbocycles. The normalized spacial score (nSPS) is 14.3. The Kier molecular flexibility index (Phi) is 4.80. The number of carbonyl (C=O) groups excluding carboxylic acids is 1. The van der Waals surface area contributed by atoms with E-state index in [9.17, 15) is 13.2 Å². The zero-order valence-electron chi connectivity index (χ0n) is 14.3. The molecule has 0 unspecified atom stereocenters. The second-order valence-electron chi connectivity index (χ2n) is 5.98. The molecule has 2 aromatic rings. The van der Waals surface area contributed by atoms with Crippen molar-refractivity contribution in [2.45, 2.75) is 31.9 Å². The van der Waals surface area contributed by atoms with Gasteiger partial charge in [0, 0.05) is 13.1 Å². The first-order valence-electron chi connectivity index (χ1n) is 8.42. The second kappa shape index (κ2) is 6.87. The number of benzene rings is 1. The summed E-state index contributed by atoms with van der Waals surface area (Å²) in [5.41, 5.74) is 0.950. The minimum atomic E-state index is -3.52. The van der Waals surface area contributed by atoms with Gasteiger partial charge in [0.1, 0.15) is 5.56 Å². The highest BCUT2D eigenvalue weighted by molar-refractivity contribution is 7.93. The zero-order valence-corrected chi connectivity index (χ0v) is 15.2. The first-order valence-corrected chi connectivity index (χ1v) is 9.97. The summed E-state index contributed by atoms with van der Waals surface area (Å²) in [4.78, 5) is 14.4. The van der Waals surface area contributed by atoms with E-state index in [0.717, 1.165) is 0 Å². The van der Waals surface area contributed by atoms with Gasteiger partial charge in [-0.2, -0.15) is 5.10 Å². The van der Waals surface area contributed by atoms with Gasteiger partial charge < -0.3 is 4.90 Å². The third-order valence-electron chi connectivity index (χ3n) is 4.25. The summed E-state index contributed by atoms with van der Waals surface area (Å²) in [7, 11) is -3.52. The van der Waals surface area contributed by atoms with Gasteiger partial charge in [-0.1, -0.05) is 18.2 Å². The highest BCUT2D eigenvalue weighted by Gasteiger charge is 2.37. The van der Waals surface area contributed by atoms with E-state index in [1.54, 1.807) is 4.90 Å². The number of nitrogens with zero attached hydrogens (tertiary/aromatic N) is 3. The van der Waals surface area contributed by atoms with Crippen molar-refractivity contribution in [3.05, 3.63) is 42.1 Å². The first kappa shape index (κ1) is 17.5. The van der Waals surface area contributed by atoms with Gasteiger partial charge in [-0.15, -0.1) is 0 Å². The predicted molar refractivity (Wildman–Crippen MR) is 96.4 cm³/mol. The SMILES string of the molecule is CCN(CC)C(=O)c1cnn(-c2ccccc2)c1NS(=O)(=O)C1CC1. The van der Waals surface area contributed by atoms with Crippen LogP contribution in [0, 0.1) is 0 Å². The van der Waals surface area contributed by atoms with E-state index >= 15 is 0 Å². The maximum absolute atomic E-state index is 12.8. The van der Waals surface area contributed by atoms with Crippen LogP contribution in [0.3, 0.4) is 0 Å². The summed E-state index contributed by atoms with van der Waals surface area (Å²) in [6.07, 6.45) is 2.72. The second-order valence-corrected chi connectivity index (χ2v) is 7.94. The van der Waals surface area contributed by atoms with Crippen LogP contribution in [-0.2, 0) is 10.0 Å². The average molecular weight is 362 g/mol. The Labute approximate surface area is 147 Å². The van der Waals surface area contributed by atoms with Crippen molar-refractivity contribution in [2.24, 2.45) is 0 Å². The minimum absolute atomic E-state index is 0.204. The van der Waals surface area contributed by atoms with Crippen molar-refractivity contribution in [1.29, 1.82) is 0 Å². The standard InChI is InChI=1S/C17H22N4O3S/c1-3-20(4-2)17(22)15-12-18-21(13-8-6-5-7-9-13)16(15)19-25(23,24)14-10-11-14/h5-9,12,14,19H,3-4,10-11H2,1-2H3. The molecule has 0 atom stereocenters. The average Bonchev–Trinajstić information content (AvgIpc) is 3.39. The lowest BCUT2D eigenvalue weighted by molar-refractivity contribution is 0.0774. The Balaban J connectivity index is 2.06. The molecule has 1 heterocycles. The molecule has 0 aliphatic heterocycles. The number of anilines is 1. The molecule has 0 radical (unpaired) electrons. The molecule has 25 heavy (non-hydrogen) atoms. The number of aromatic nitrogens is 2. The summed E-state index contributed by atoms with van der Waals surface area (Å²) < 4.78 is 29.0. The molecule has 7 nitrogen and oxygen atoms in total.